The molecule has 0 radical (unpaired) electrons. The minimum atomic E-state index is -3.83. The summed E-state index contributed by atoms with van der Waals surface area (Å²) in [6.45, 7) is 2.68. The number of rotatable bonds is 5. The molecule has 0 amide bonds. The van der Waals surface area contributed by atoms with Crippen LogP contribution in [0.2, 0.25) is 0 Å². The third kappa shape index (κ3) is 2.83. The molecule has 0 saturated heterocycles. The number of hydrogen-bond acceptors (Lipinski definition) is 4. The van der Waals surface area contributed by atoms with Crippen LogP contribution < -0.4 is 0 Å². The number of carbonyl (C=O) groups is 1. The van der Waals surface area contributed by atoms with Gasteiger partial charge in [-0.15, -0.1) is 0 Å². The molecule has 0 aliphatic rings. The summed E-state index contributed by atoms with van der Waals surface area (Å²) in [6, 6.07) is 0.901. The van der Waals surface area contributed by atoms with Crippen LogP contribution in [0.25, 0.3) is 0 Å². The number of carboxylic acid groups (broad SMARTS) is 1. The lowest BCUT2D eigenvalue weighted by Crippen LogP contribution is -2.41. The Balaban J connectivity index is 3.18. The van der Waals surface area contributed by atoms with Crippen LogP contribution in [-0.4, -0.2) is 46.2 Å². The molecule has 7 nitrogen and oxygen atoms in total. The van der Waals surface area contributed by atoms with Gasteiger partial charge in [-0.2, -0.15) is 9.40 Å². The number of hydrogen-bond donors (Lipinski definition) is 1. The maximum atomic E-state index is 12.2. The number of carboxylic acids is 1. The molecule has 1 heterocycles. The SMILES string of the molecule is CC(C)N(CC(=O)O)S(=O)(=O)c1ccnn1C. The molecule has 0 aromatic carbocycles. The van der Waals surface area contributed by atoms with Gasteiger partial charge in [-0.25, -0.2) is 8.42 Å². The summed E-state index contributed by atoms with van der Waals surface area (Å²) in [5.41, 5.74) is 0. The van der Waals surface area contributed by atoms with Crippen molar-refractivity contribution >= 4 is 16.0 Å². The minimum Gasteiger partial charge on any atom is -0.480 e. The first-order valence-corrected chi connectivity index (χ1v) is 6.42. The van der Waals surface area contributed by atoms with Crippen LogP contribution in [0, 0.1) is 0 Å². The van der Waals surface area contributed by atoms with Gasteiger partial charge in [0.2, 0.25) is 0 Å². The van der Waals surface area contributed by atoms with Gasteiger partial charge in [0, 0.05) is 13.1 Å². The van der Waals surface area contributed by atoms with Gasteiger partial charge in [-0.05, 0) is 19.9 Å². The molecule has 17 heavy (non-hydrogen) atoms. The van der Waals surface area contributed by atoms with Crippen LogP contribution in [0.5, 0.6) is 0 Å². The summed E-state index contributed by atoms with van der Waals surface area (Å²) < 4.78 is 26.5. The van der Waals surface area contributed by atoms with E-state index in [1.165, 1.54) is 24.0 Å². The Kier molecular flexibility index (Phi) is 3.89. The molecule has 0 aliphatic carbocycles. The van der Waals surface area contributed by atoms with Crippen molar-refractivity contribution in [3.8, 4) is 0 Å². The van der Waals surface area contributed by atoms with Crippen LogP contribution in [0.15, 0.2) is 17.3 Å². The lowest BCUT2D eigenvalue weighted by atomic mass is 10.4. The standard InChI is InChI=1S/C9H15N3O4S/c1-7(2)12(6-9(13)14)17(15,16)8-4-5-10-11(8)3/h4-5,7H,6H2,1-3H3,(H,13,14). The number of nitrogens with zero attached hydrogens (tertiary/aromatic N) is 3. The van der Waals surface area contributed by atoms with Crippen LogP contribution >= 0.6 is 0 Å². The van der Waals surface area contributed by atoms with Gasteiger partial charge in [-0.3, -0.25) is 9.48 Å². The van der Waals surface area contributed by atoms with Gasteiger partial charge < -0.3 is 5.11 Å². The fourth-order valence-electron chi connectivity index (χ4n) is 1.41. The largest absolute Gasteiger partial charge is 0.480 e. The lowest BCUT2D eigenvalue weighted by Gasteiger charge is -2.23. The summed E-state index contributed by atoms with van der Waals surface area (Å²) in [5.74, 6) is -1.19. The summed E-state index contributed by atoms with van der Waals surface area (Å²) in [5, 5.41) is 12.5. The first-order chi connectivity index (χ1) is 7.76. The maximum absolute atomic E-state index is 12.2. The average molecular weight is 261 g/mol. The lowest BCUT2D eigenvalue weighted by molar-refractivity contribution is -0.137. The van der Waals surface area contributed by atoms with E-state index in [4.69, 9.17) is 5.11 Å². The van der Waals surface area contributed by atoms with E-state index in [9.17, 15) is 13.2 Å². The first-order valence-electron chi connectivity index (χ1n) is 4.98. The number of aliphatic carboxylic acids is 1. The van der Waals surface area contributed by atoms with E-state index in [1.807, 2.05) is 0 Å². The molecule has 0 atom stereocenters. The van der Waals surface area contributed by atoms with Crippen molar-refractivity contribution in [2.75, 3.05) is 6.54 Å². The quantitative estimate of drug-likeness (QED) is 0.799. The maximum Gasteiger partial charge on any atom is 0.318 e. The topological polar surface area (TPSA) is 92.5 Å². The van der Waals surface area contributed by atoms with Crippen molar-refractivity contribution in [3.63, 3.8) is 0 Å². The highest BCUT2D eigenvalue weighted by molar-refractivity contribution is 7.89. The van der Waals surface area contributed by atoms with E-state index < -0.39 is 28.6 Å². The molecule has 0 unspecified atom stereocenters. The van der Waals surface area contributed by atoms with Crippen LogP contribution in [0.4, 0.5) is 0 Å². The molecule has 96 valence electrons. The van der Waals surface area contributed by atoms with Crippen molar-refractivity contribution < 1.29 is 18.3 Å². The van der Waals surface area contributed by atoms with E-state index in [1.54, 1.807) is 13.8 Å². The molecule has 0 bridgehead atoms. The van der Waals surface area contributed by atoms with Gasteiger partial charge in [0.05, 0.1) is 6.20 Å². The van der Waals surface area contributed by atoms with Crippen LogP contribution in [-0.2, 0) is 21.9 Å². The number of aryl methyl sites for hydroxylation is 1. The van der Waals surface area contributed by atoms with Gasteiger partial charge in [0.1, 0.15) is 6.54 Å². The summed E-state index contributed by atoms with van der Waals surface area (Å²) in [7, 11) is -2.34. The molecule has 0 spiro atoms. The zero-order valence-corrected chi connectivity index (χ0v) is 10.7. The van der Waals surface area contributed by atoms with E-state index in [-0.39, 0.29) is 5.03 Å². The Bertz CT molecular complexity index is 506. The Labute approximate surface area is 99.7 Å². The molecule has 1 aromatic rings. The van der Waals surface area contributed by atoms with Crippen LogP contribution in [0.1, 0.15) is 13.8 Å². The molecular weight excluding hydrogens is 246 g/mol. The van der Waals surface area contributed by atoms with Gasteiger partial charge in [0.25, 0.3) is 10.0 Å². The molecule has 1 rings (SSSR count). The molecule has 8 heteroatoms. The zero-order valence-electron chi connectivity index (χ0n) is 9.86. The third-order valence-electron chi connectivity index (χ3n) is 2.22. The Morgan fingerprint density at radius 1 is 1.59 bits per heavy atom. The van der Waals surface area contributed by atoms with E-state index >= 15 is 0 Å². The normalized spacial score (nSPS) is 12.3. The summed E-state index contributed by atoms with van der Waals surface area (Å²) in [6.07, 6.45) is 1.35. The molecule has 0 saturated carbocycles. The first kappa shape index (κ1) is 13.7. The minimum absolute atomic E-state index is 0.0209. The molecule has 1 N–H and O–H groups in total. The predicted molar refractivity (Wildman–Crippen MR) is 59.9 cm³/mol. The highest BCUT2D eigenvalue weighted by atomic mass is 32.2. The highest BCUT2D eigenvalue weighted by Gasteiger charge is 2.30. The second kappa shape index (κ2) is 4.84. The monoisotopic (exact) mass is 261 g/mol. The molecule has 1 aromatic heterocycles. The fourth-order valence-corrected chi connectivity index (χ4v) is 3.10. The van der Waals surface area contributed by atoms with Crippen LogP contribution in [0.3, 0.4) is 0 Å². The van der Waals surface area contributed by atoms with Crippen molar-refractivity contribution in [1.82, 2.24) is 14.1 Å². The fraction of sp³-hybridized carbons (Fsp3) is 0.556. The smallest absolute Gasteiger partial charge is 0.318 e. The number of aromatic nitrogens is 2. The van der Waals surface area contributed by atoms with Crippen molar-refractivity contribution in [2.24, 2.45) is 7.05 Å². The Morgan fingerprint density at radius 3 is 2.53 bits per heavy atom. The molecule has 0 fully saturated rings. The molecular formula is C9H15N3O4S. The molecule has 0 aliphatic heterocycles. The number of sulfonamides is 1. The summed E-state index contributed by atoms with van der Waals surface area (Å²) in [4.78, 5) is 10.7. The van der Waals surface area contributed by atoms with Crippen molar-refractivity contribution in [3.05, 3.63) is 12.3 Å². The average Bonchev–Trinajstić information content (AvgIpc) is 2.60. The Morgan fingerprint density at radius 2 is 2.18 bits per heavy atom. The second-order valence-corrected chi connectivity index (χ2v) is 5.67. The van der Waals surface area contributed by atoms with E-state index in [0.29, 0.717) is 0 Å². The van der Waals surface area contributed by atoms with E-state index in [0.717, 1.165) is 4.31 Å². The summed E-state index contributed by atoms with van der Waals surface area (Å²) >= 11 is 0. The van der Waals surface area contributed by atoms with Gasteiger partial charge in [0.15, 0.2) is 5.03 Å². The highest BCUT2D eigenvalue weighted by Crippen LogP contribution is 2.16. The van der Waals surface area contributed by atoms with Crippen molar-refractivity contribution in [2.45, 2.75) is 24.9 Å². The second-order valence-electron chi connectivity index (χ2n) is 3.83. The third-order valence-corrected chi connectivity index (χ3v) is 4.31. The van der Waals surface area contributed by atoms with Gasteiger partial charge >= 0.3 is 5.97 Å². The zero-order chi connectivity index (χ0) is 13.2. The Hall–Kier alpha value is -1.41. The predicted octanol–water partition coefficient (Wildman–Crippen LogP) is -0.0962. The van der Waals surface area contributed by atoms with E-state index in [2.05, 4.69) is 5.10 Å². The van der Waals surface area contributed by atoms with Crippen molar-refractivity contribution in [1.29, 1.82) is 0 Å². The van der Waals surface area contributed by atoms with Gasteiger partial charge in [-0.1, -0.05) is 0 Å².